The summed E-state index contributed by atoms with van der Waals surface area (Å²) in [4.78, 5) is 16.1. The minimum atomic E-state index is -0.189. The zero-order valence-corrected chi connectivity index (χ0v) is 14.2. The van der Waals surface area contributed by atoms with E-state index in [1.165, 1.54) is 6.07 Å². The van der Waals surface area contributed by atoms with Crippen LogP contribution in [0.1, 0.15) is 36.3 Å². The molecule has 0 aliphatic rings. The maximum atomic E-state index is 13.5. The Balaban J connectivity index is 1.79. The van der Waals surface area contributed by atoms with Crippen molar-refractivity contribution >= 4 is 11.6 Å². The van der Waals surface area contributed by atoms with Crippen LogP contribution < -0.4 is 10.6 Å². The zero-order chi connectivity index (χ0) is 17.4. The second-order valence-electron chi connectivity index (χ2n) is 6.14. The molecule has 0 spiro atoms. The molecule has 0 aliphatic heterocycles. The van der Waals surface area contributed by atoms with Crippen molar-refractivity contribution in [1.82, 2.24) is 10.3 Å². The van der Waals surface area contributed by atoms with E-state index in [0.29, 0.717) is 36.7 Å². The summed E-state index contributed by atoms with van der Waals surface area (Å²) in [6.45, 7) is 5.49. The summed E-state index contributed by atoms with van der Waals surface area (Å²) >= 11 is 0. The number of carbonyl (C=O) groups is 1. The molecule has 1 aromatic carbocycles. The Kier molecular flexibility index (Phi) is 6.73. The first kappa shape index (κ1) is 17.9. The number of hydrogen-bond donors (Lipinski definition) is 2. The van der Waals surface area contributed by atoms with Gasteiger partial charge in [0.15, 0.2) is 0 Å². The average molecular weight is 329 g/mol. The third-order valence-electron chi connectivity index (χ3n) is 3.68. The van der Waals surface area contributed by atoms with Crippen molar-refractivity contribution in [1.29, 1.82) is 0 Å². The van der Waals surface area contributed by atoms with Crippen molar-refractivity contribution in [2.75, 3.05) is 18.4 Å². The molecule has 0 bridgehead atoms. The number of benzene rings is 1. The van der Waals surface area contributed by atoms with Gasteiger partial charge in [-0.3, -0.25) is 4.79 Å². The fourth-order valence-corrected chi connectivity index (χ4v) is 2.24. The van der Waals surface area contributed by atoms with Crippen molar-refractivity contribution in [3.8, 4) is 0 Å². The van der Waals surface area contributed by atoms with Gasteiger partial charge in [-0.15, -0.1) is 0 Å². The Hall–Kier alpha value is -2.43. The van der Waals surface area contributed by atoms with Gasteiger partial charge >= 0.3 is 0 Å². The minimum absolute atomic E-state index is 0.159. The number of halogens is 1. The summed E-state index contributed by atoms with van der Waals surface area (Å²) in [5.41, 5.74) is 1.89. The van der Waals surface area contributed by atoms with E-state index in [9.17, 15) is 9.18 Å². The van der Waals surface area contributed by atoms with Gasteiger partial charge in [0, 0.05) is 13.1 Å². The Labute approximate surface area is 142 Å². The molecule has 24 heavy (non-hydrogen) atoms. The second kappa shape index (κ2) is 9.01. The number of hydrogen-bond acceptors (Lipinski definition) is 3. The number of nitrogens with one attached hydrogen (secondary N) is 2. The van der Waals surface area contributed by atoms with Gasteiger partial charge < -0.3 is 10.6 Å². The maximum absolute atomic E-state index is 13.5. The predicted octanol–water partition coefficient (Wildman–Crippen LogP) is 3.65. The van der Waals surface area contributed by atoms with Crippen molar-refractivity contribution in [3.63, 3.8) is 0 Å². The molecule has 2 aromatic rings. The fourth-order valence-electron chi connectivity index (χ4n) is 2.24. The van der Waals surface area contributed by atoms with Crippen LogP contribution in [0.15, 0.2) is 42.6 Å². The molecule has 0 saturated carbocycles. The van der Waals surface area contributed by atoms with Crippen LogP contribution in [-0.2, 0) is 6.42 Å². The van der Waals surface area contributed by atoms with Crippen LogP contribution in [0.2, 0.25) is 0 Å². The zero-order valence-electron chi connectivity index (χ0n) is 14.2. The first-order chi connectivity index (χ1) is 11.6. The van der Waals surface area contributed by atoms with Gasteiger partial charge in [-0.1, -0.05) is 32.0 Å². The van der Waals surface area contributed by atoms with E-state index in [1.54, 1.807) is 24.4 Å². The molecular weight excluding hydrogens is 305 g/mol. The Morgan fingerprint density at radius 1 is 1.17 bits per heavy atom. The molecule has 0 fully saturated rings. The number of carbonyl (C=O) groups excluding carboxylic acids is 1. The lowest BCUT2D eigenvalue weighted by atomic mass is 10.1. The molecule has 4 nitrogen and oxygen atoms in total. The van der Waals surface area contributed by atoms with Gasteiger partial charge in [0.05, 0.1) is 11.9 Å². The van der Waals surface area contributed by atoms with Gasteiger partial charge in [-0.25, -0.2) is 9.37 Å². The highest BCUT2D eigenvalue weighted by Gasteiger charge is 2.07. The molecule has 128 valence electrons. The standard InChI is InChI=1S/C19H24FN3O/c1-14(2)9-11-22-19(24)18-8-7-16(13-23-18)21-12-10-15-5-3-4-6-17(15)20/h3-8,13-14,21H,9-12H2,1-2H3,(H,22,24). The number of rotatable bonds is 8. The largest absolute Gasteiger partial charge is 0.383 e. The summed E-state index contributed by atoms with van der Waals surface area (Å²) < 4.78 is 13.5. The molecule has 1 aromatic heterocycles. The maximum Gasteiger partial charge on any atom is 0.269 e. The first-order valence-electron chi connectivity index (χ1n) is 8.28. The Bertz CT molecular complexity index is 656. The summed E-state index contributed by atoms with van der Waals surface area (Å²) in [5.74, 6) is 0.207. The van der Waals surface area contributed by atoms with Crippen molar-refractivity contribution in [3.05, 3.63) is 59.7 Å². The highest BCUT2D eigenvalue weighted by Crippen LogP contribution is 2.09. The molecule has 0 saturated heterocycles. The van der Waals surface area contributed by atoms with Gasteiger partial charge in [0.2, 0.25) is 0 Å². The van der Waals surface area contributed by atoms with Gasteiger partial charge in [0.1, 0.15) is 11.5 Å². The molecule has 2 N–H and O–H groups in total. The van der Waals surface area contributed by atoms with Crippen LogP contribution >= 0.6 is 0 Å². The van der Waals surface area contributed by atoms with E-state index >= 15 is 0 Å². The molecule has 2 rings (SSSR count). The van der Waals surface area contributed by atoms with Gasteiger partial charge in [-0.2, -0.15) is 0 Å². The van der Waals surface area contributed by atoms with Crippen LogP contribution in [0.25, 0.3) is 0 Å². The van der Waals surface area contributed by atoms with Gasteiger partial charge in [-0.05, 0) is 42.5 Å². The molecule has 5 heteroatoms. The number of anilines is 1. The topological polar surface area (TPSA) is 54.0 Å². The third kappa shape index (κ3) is 5.65. The monoisotopic (exact) mass is 329 g/mol. The third-order valence-corrected chi connectivity index (χ3v) is 3.68. The van der Waals surface area contributed by atoms with E-state index in [1.807, 2.05) is 12.1 Å². The summed E-state index contributed by atoms with van der Waals surface area (Å²) in [7, 11) is 0. The molecule has 1 amide bonds. The Morgan fingerprint density at radius 3 is 2.62 bits per heavy atom. The Morgan fingerprint density at radius 2 is 1.96 bits per heavy atom. The lowest BCUT2D eigenvalue weighted by molar-refractivity contribution is 0.0947. The summed E-state index contributed by atoms with van der Waals surface area (Å²) in [5, 5.41) is 6.04. The highest BCUT2D eigenvalue weighted by molar-refractivity contribution is 5.92. The normalized spacial score (nSPS) is 10.7. The number of pyridine rings is 1. The summed E-state index contributed by atoms with van der Waals surface area (Å²) in [6.07, 6.45) is 3.16. The van der Waals surface area contributed by atoms with Crippen LogP contribution in [-0.4, -0.2) is 24.0 Å². The minimum Gasteiger partial charge on any atom is -0.383 e. The quantitative estimate of drug-likeness (QED) is 0.777. The number of amides is 1. The van der Waals surface area contributed by atoms with Crippen molar-refractivity contribution < 1.29 is 9.18 Å². The van der Waals surface area contributed by atoms with E-state index < -0.39 is 0 Å². The van der Waals surface area contributed by atoms with Crippen LogP contribution in [0, 0.1) is 11.7 Å². The van der Waals surface area contributed by atoms with E-state index in [2.05, 4.69) is 29.5 Å². The average Bonchev–Trinajstić information content (AvgIpc) is 2.57. The molecule has 0 radical (unpaired) electrons. The van der Waals surface area contributed by atoms with Crippen molar-refractivity contribution in [2.45, 2.75) is 26.7 Å². The smallest absolute Gasteiger partial charge is 0.269 e. The van der Waals surface area contributed by atoms with E-state index in [4.69, 9.17) is 0 Å². The first-order valence-corrected chi connectivity index (χ1v) is 8.28. The molecule has 0 unspecified atom stereocenters. The van der Waals surface area contributed by atoms with E-state index in [0.717, 1.165) is 12.1 Å². The lowest BCUT2D eigenvalue weighted by Crippen LogP contribution is -2.26. The van der Waals surface area contributed by atoms with Gasteiger partial charge in [0.25, 0.3) is 5.91 Å². The molecule has 0 atom stereocenters. The second-order valence-corrected chi connectivity index (χ2v) is 6.14. The van der Waals surface area contributed by atoms with Crippen LogP contribution in [0.3, 0.4) is 0 Å². The molecule has 1 heterocycles. The van der Waals surface area contributed by atoms with Crippen molar-refractivity contribution in [2.24, 2.45) is 5.92 Å². The summed E-state index contributed by atoms with van der Waals surface area (Å²) in [6, 6.07) is 10.2. The van der Waals surface area contributed by atoms with Crippen LogP contribution in [0.4, 0.5) is 10.1 Å². The lowest BCUT2D eigenvalue weighted by Gasteiger charge is -2.09. The predicted molar refractivity (Wildman–Crippen MR) is 94.6 cm³/mol. The number of aromatic nitrogens is 1. The number of nitrogens with zero attached hydrogens (tertiary/aromatic N) is 1. The highest BCUT2D eigenvalue weighted by atomic mass is 19.1. The SMILES string of the molecule is CC(C)CCNC(=O)c1ccc(NCCc2ccccc2F)cn1. The van der Waals surface area contributed by atoms with Crippen LogP contribution in [0.5, 0.6) is 0 Å². The fraction of sp³-hybridized carbons (Fsp3) is 0.368. The molecular formula is C19H24FN3O. The molecule has 0 aliphatic carbocycles. The van der Waals surface area contributed by atoms with E-state index in [-0.39, 0.29) is 11.7 Å².